The van der Waals surface area contributed by atoms with Gasteiger partial charge in [-0.25, -0.2) is 0 Å². The molecule has 0 aliphatic rings. The number of carbonyl (C=O) groups excluding carboxylic acids is 2. The van der Waals surface area contributed by atoms with Crippen molar-refractivity contribution in [3.63, 3.8) is 0 Å². The smallest absolute Gasteiger partial charge is 0.223 e. The average Bonchev–Trinajstić information content (AvgIpc) is 2.35. The van der Waals surface area contributed by atoms with Gasteiger partial charge in [0, 0.05) is 42.2 Å². The second kappa shape index (κ2) is 8.25. The van der Waals surface area contributed by atoms with Crippen LogP contribution in [-0.2, 0) is 9.59 Å². The topological polar surface area (TPSA) is 49.4 Å². The molecule has 0 fully saturated rings. The summed E-state index contributed by atoms with van der Waals surface area (Å²) in [5.74, 6) is 0.151. The molecule has 0 aliphatic heterocycles. The van der Waals surface area contributed by atoms with Gasteiger partial charge in [-0.2, -0.15) is 0 Å². The molecule has 4 nitrogen and oxygen atoms in total. The van der Waals surface area contributed by atoms with Crippen molar-refractivity contribution < 1.29 is 9.59 Å². The third-order valence-corrected chi connectivity index (χ3v) is 3.25. The molecule has 0 saturated heterocycles. The summed E-state index contributed by atoms with van der Waals surface area (Å²) in [6.45, 7) is 6.41. The Balaban J connectivity index is 2.70. The quantitative estimate of drug-likeness (QED) is 0.867. The summed E-state index contributed by atoms with van der Waals surface area (Å²) in [4.78, 5) is 25.0. The van der Waals surface area contributed by atoms with Crippen LogP contribution >= 0.6 is 23.2 Å². The molecule has 1 aromatic rings. The largest absolute Gasteiger partial charge is 0.356 e. The Morgan fingerprint density at radius 1 is 1.19 bits per heavy atom. The highest BCUT2D eigenvalue weighted by Gasteiger charge is 2.14. The monoisotopic (exact) mass is 330 g/mol. The third-order valence-electron chi connectivity index (χ3n) is 2.81. The molecule has 0 heterocycles. The van der Waals surface area contributed by atoms with Crippen molar-refractivity contribution in [1.29, 1.82) is 0 Å². The molecule has 21 heavy (non-hydrogen) atoms. The fourth-order valence-electron chi connectivity index (χ4n) is 1.78. The molecule has 1 aromatic carbocycles. The van der Waals surface area contributed by atoms with Gasteiger partial charge in [-0.1, -0.05) is 37.0 Å². The molecule has 1 N–H and O–H groups in total. The van der Waals surface area contributed by atoms with Gasteiger partial charge in [0.05, 0.1) is 0 Å². The summed E-state index contributed by atoms with van der Waals surface area (Å²) in [6, 6.07) is 4.90. The van der Waals surface area contributed by atoms with E-state index in [1.54, 1.807) is 18.2 Å². The van der Waals surface area contributed by atoms with Crippen LogP contribution in [0.1, 0.15) is 27.2 Å². The van der Waals surface area contributed by atoms with E-state index in [1.165, 1.54) is 11.8 Å². The number of amides is 2. The van der Waals surface area contributed by atoms with Gasteiger partial charge in [-0.3, -0.25) is 9.59 Å². The lowest BCUT2D eigenvalue weighted by Crippen LogP contribution is -2.34. The average molecular weight is 331 g/mol. The Morgan fingerprint density at radius 3 is 2.24 bits per heavy atom. The van der Waals surface area contributed by atoms with Crippen LogP contribution in [0.25, 0.3) is 0 Å². The summed E-state index contributed by atoms with van der Waals surface area (Å²) in [7, 11) is 0. The molecule has 0 spiro atoms. The maximum atomic E-state index is 11.8. The summed E-state index contributed by atoms with van der Waals surface area (Å²) >= 11 is 11.9. The Hall–Kier alpha value is -1.26. The Bertz CT molecular complexity index is 498. The minimum atomic E-state index is -0.162. The zero-order valence-electron chi connectivity index (χ0n) is 12.5. The normalized spacial score (nSPS) is 10.6. The lowest BCUT2D eigenvalue weighted by Gasteiger charge is -2.21. The number of benzene rings is 1. The zero-order chi connectivity index (χ0) is 16.0. The van der Waals surface area contributed by atoms with E-state index in [0.717, 1.165) is 0 Å². The van der Waals surface area contributed by atoms with Gasteiger partial charge >= 0.3 is 0 Å². The summed E-state index contributed by atoms with van der Waals surface area (Å²) in [5.41, 5.74) is 0.594. The van der Waals surface area contributed by atoms with Gasteiger partial charge in [0.15, 0.2) is 0 Å². The second-order valence-corrected chi connectivity index (χ2v) is 6.12. The first kappa shape index (κ1) is 17.8. The number of anilines is 1. The summed E-state index contributed by atoms with van der Waals surface area (Å²) < 4.78 is 0. The predicted molar refractivity (Wildman–Crippen MR) is 87.0 cm³/mol. The van der Waals surface area contributed by atoms with E-state index in [9.17, 15) is 9.59 Å². The standard InChI is InChI=1S/C15H20Cl2N2O2/c1-10(2)9-18-15(21)4-5-19(11(3)20)14-7-12(16)6-13(17)8-14/h6-8,10H,4-5,9H2,1-3H3,(H,18,21). The maximum Gasteiger partial charge on any atom is 0.223 e. The molecule has 0 aliphatic carbocycles. The van der Waals surface area contributed by atoms with Crippen LogP contribution in [0.3, 0.4) is 0 Å². The van der Waals surface area contributed by atoms with E-state index < -0.39 is 0 Å². The van der Waals surface area contributed by atoms with Gasteiger partial charge in [0.2, 0.25) is 11.8 Å². The van der Waals surface area contributed by atoms with Crippen molar-refractivity contribution in [2.24, 2.45) is 5.92 Å². The first-order chi connectivity index (χ1) is 9.79. The van der Waals surface area contributed by atoms with E-state index in [2.05, 4.69) is 5.32 Å². The fraction of sp³-hybridized carbons (Fsp3) is 0.467. The maximum absolute atomic E-state index is 11.8. The summed E-state index contributed by atoms with van der Waals surface area (Å²) in [5, 5.41) is 3.73. The molecule has 0 bridgehead atoms. The highest BCUT2D eigenvalue weighted by molar-refractivity contribution is 6.35. The minimum Gasteiger partial charge on any atom is -0.356 e. The predicted octanol–water partition coefficient (Wildman–Crippen LogP) is 3.51. The number of nitrogens with zero attached hydrogens (tertiary/aromatic N) is 1. The molecular formula is C15H20Cl2N2O2. The van der Waals surface area contributed by atoms with Crippen molar-refractivity contribution >= 4 is 40.7 Å². The molecule has 0 aromatic heterocycles. The molecule has 0 atom stereocenters. The number of halogens is 2. The molecule has 0 radical (unpaired) electrons. The van der Waals surface area contributed by atoms with E-state index in [1.807, 2.05) is 13.8 Å². The van der Waals surface area contributed by atoms with E-state index in [-0.39, 0.29) is 24.8 Å². The van der Waals surface area contributed by atoms with Gasteiger partial charge in [0.1, 0.15) is 0 Å². The van der Waals surface area contributed by atoms with Gasteiger partial charge < -0.3 is 10.2 Å². The van der Waals surface area contributed by atoms with Crippen LogP contribution in [0.2, 0.25) is 10.0 Å². The van der Waals surface area contributed by atoms with Crippen LogP contribution in [0.15, 0.2) is 18.2 Å². The van der Waals surface area contributed by atoms with Crippen LogP contribution in [0, 0.1) is 5.92 Å². The van der Waals surface area contributed by atoms with Crippen molar-refractivity contribution in [2.45, 2.75) is 27.2 Å². The Labute approximate surface area is 135 Å². The number of carbonyl (C=O) groups is 2. The van der Waals surface area contributed by atoms with Crippen LogP contribution in [-0.4, -0.2) is 24.9 Å². The number of nitrogens with one attached hydrogen (secondary N) is 1. The van der Waals surface area contributed by atoms with Crippen molar-refractivity contribution in [1.82, 2.24) is 5.32 Å². The molecule has 2 amide bonds. The van der Waals surface area contributed by atoms with E-state index in [4.69, 9.17) is 23.2 Å². The van der Waals surface area contributed by atoms with E-state index >= 15 is 0 Å². The molecule has 6 heteroatoms. The van der Waals surface area contributed by atoms with Crippen LogP contribution in [0.5, 0.6) is 0 Å². The SMILES string of the molecule is CC(=O)N(CCC(=O)NCC(C)C)c1cc(Cl)cc(Cl)c1. The van der Waals surface area contributed by atoms with E-state index in [0.29, 0.717) is 28.2 Å². The first-order valence-electron chi connectivity index (χ1n) is 6.80. The molecule has 0 saturated carbocycles. The van der Waals surface area contributed by atoms with Crippen LogP contribution < -0.4 is 10.2 Å². The number of hydrogen-bond donors (Lipinski definition) is 1. The minimum absolute atomic E-state index is 0.0805. The molecular weight excluding hydrogens is 311 g/mol. The molecule has 1 rings (SSSR count). The molecule has 0 unspecified atom stereocenters. The Kier molecular flexibility index (Phi) is 6.99. The lowest BCUT2D eigenvalue weighted by atomic mass is 10.2. The van der Waals surface area contributed by atoms with Crippen LogP contribution in [0.4, 0.5) is 5.69 Å². The number of hydrogen-bond acceptors (Lipinski definition) is 2. The van der Waals surface area contributed by atoms with Crippen molar-refractivity contribution in [3.05, 3.63) is 28.2 Å². The Morgan fingerprint density at radius 2 is 1.76 bits per heavy atom. The second-order valence-electron chi connectivity index (χ2n) is 5.25. The van der Waals surface area contributed by atoms with Gasteiger partial charge in [0.25, 0.3) is 0 Å². The highest BCUT2D eigenvalue weighted by atomic mass is 35.5. The lowest BCUT2D eigenvalue weighted by molar-refractivity contribution is -0.121. The third kappa shape index (κ3) is 6.36. The summed E-state index contributed by atoms with van der Waals surface area (Å²) in [6.07, 6.45) is 0.233. The number of rotatable bonds is 6. The fourth-order valence-corrected chi connectivity index (χ4v) is 2.30. The van der Waals surface area contributed by atoms with Crippen molar-refractivity contribution in [2.75, 3.05) is 18.0 Å². The van der Waals surface area contributed by atoms with Gasteiger partial charge in [-0.05, 0) is 24.1 Å². The molecule has 116 valence electrons. The van der Waals surface area contributed by atoms with Crippen molar-refractivity contribution in [3.8, 4) is 0 Å². The highest BCUT2D eigenvalue weighted by Crippen LogP contribution is 2.25. The first-order valence-corrected chi connectivity index (χ1v) is 7.56. The zero-order valence-corrected chi connectivity index (χ0v) is 14.0. The van der Waals surface area contributed by atoms with Gasteiger partial charge in [-0.15, -0.1) is 0 Å².